The molecule has 0 amide bonds. The Morgan fingerprint density at radius 2 is 1.57 bits per heavy atom. The number of rotatable bonds is 2. The SMILES string of the molecule is CC(C)N=C(N)Nc1cc2ccccc2c2ccccc12. The molecule has 0 fully saturated rings. The van der Waals surface area contributed by atoms with Crippen LogP contribution in [0.2, 0.25) is 0 Å². The summed E-state index contributed by atoms with van der Waals surface area (Å²) in [5, 5.41) is 8.04. The van der Waals surface area contributed by atoms with E-state index in [2.05, 4.69) is 52.8 Å². The van der Waals surface area contributed by atoms with E-state index in [0.717, 1.165) is 11.1 Å². The van der Waals surface area contributed by atoms with Crippen molar-refractivity contribution in [1.82, 2.24) is 0 Å². The van der Waals surface area contributed by atoms with Crippen LogP contribution in [0, 0.1) is 0 Å². The van der Waals surface area contributed by atoms with E-state index in [1.165, 1.54) is 16.2 Å². The van der Waals surface area contributed by atoms with Gasteiger partial charge in [-0.2, -0.15) is 0 Å². The van der Waals surface area contributed by atoms with E-state index in [9.17, 15) is 0 Å². The van der Waals surface area contributed by atoms with E-state index in [-0.39, 0.29) is 6.04 Å². The van der Waals surface area contributed by atoms with E-state index in [1.807, 2.05) is 26.0 Å². The van der Waals surface area contributed by atoms with Crippen molar-refractivity contribution in [3.63, 3.8) is 0 Å². The summed E-state index contributed by atoms with van der Waals surface area (Å²) in [6.07, 6.45) is 0. The smallest absolute Gasteiger partial charge is 0.193 e. The molecule has 3 aromatic carbocycles. The molecule has 0 saturated carbocycles. The molecule has 0 aromatic heterocycles. The number of nitrogens with one attached hydrogen (secondary N) is 1. The molecule has 0 unspecified atom stereocenters. The number of aliphatic imine (C=N–C) groups is 1. The van der Waals surface area contributed by atoms with Gasteiger partial charge in [-0.3, -0.25) is 4.99 Å². The zero-order chi connectivity index (χ0) is 14.8. The minimum absolute atomic E-state index is 0.171. The molecule has 0 atom stereocenters. The Morgan fingerprint density at radius 3 is 2.29 bits per heavy atom. The summed E-state index contributed by atoms with van der Waals surface area (Å²) in [6.45, 7) is 4.01. The van der Waals surface area contributed by atoms with Gasteiger partial charge < -0.3 is 11.1 Å². The number of nitrogens with two attached hydrogens (primary N) is 1. The van der Waals surface area contributed by atoms with Crippen LogP contribution in [-0.4, -0.2) is 12.0 Å². The standard InChI is InChI=1S/C18H19N3/c1-12(2)20-18(19)21-17-11-13-7-3-4-8-14(13)15-9-5-6-10-16(15)17/h3-12H,1-2H3,(H3,19,20,21). The minimum Gasteiger partial charge on any atom is -0.370 e. The molecule has 0 bridgehead atoms. The molecule has 3 aromatic rings. The summed E-state index contributed by atoms with van der Waals surface area (Å²) < 4.78 is 0. The van der Waals surface area contributed by atoms with Crippen LogP contribution in [0.3, 0.4) is 0 Å². The lowest BCUT2D eigenvalue weighted by Crippen LogP contribution is -2.24. The van der Waals surface area contributed by atoms with Gasteiger partial charge in [-0.25, -0.2) is 0 Å². The molecule has 0 aliphatic heterocycles. The first-order chi connectivity index (χ1) is 10.1. The topological polar surface area (TPSA) is 50.4 Å². The molecule has 21 heavy (non-hydrogen) atoms. The molecule has 0 heterocycles. The predicted molar refractivity (Wildman–Crippen MR) is 91.8 cm³/mol. The average Bonchev–Trinajstić information content (AvgIpc) is 2.46. The molecule has 3 rings (SSSR count). The van der Waals surface area contributed by atoms with E-state index >= 15 is 0 Å². The van der Waals surface area contributed by atoms with Crippen molar-refractivity contribution in [2.45, 2.75) is 19.9 Å². The number of hydrogen-bond donors (Lipinski definition) is 2. The Morgan fingerprint density at radius 1 is 0.952 bits per heavy atom. The van der Waals surface area contributed by atoms with Gasteiger partial charge in [0.15, 0.2) is 5.96 Å². The molecule has 0 spiro atoms. The summed E-state index contributed by atoms with van der Waals surface area (Å²) in [5.74, 6) is 0.449. The molecule has 0 saturated heterocycles. The summed E-state index contributed by atoms with van der Waals surface area (Å²) in [7, 11) is 0. The predicted octanol–water partition coefficient (Wildman–Crippen LogP) is 4.13. The lowest BCUT2D eigenvalue weighted by molar-refractivity contribution is 0.833. The Balaban J connectivity index is 2.21. The van der Waals surface area contributed by atoms with Crippen LogP contribution >= 0.6 is 0 Å². The lowest BCUT2D eigenvalue weighted by atomic mass is 10.0. The molecule has 3 N–H and O–H groups in total. The molecule has 3 nitrogen and oxygen atoms in total. The van der Waals surface area contributed by atoms with Gasteiger partial charge in [-0.05, 0) is 36.1 Å². The number of fused-ring (bicyclic) bond motifs is 3. The van der Waals surface area contributed by atoms with Crippen LogP contribution in [0.25, 0.3) is 21.5 Å². The van der Waals surface area contributed by atoms with Crippen molar-refractivity contribution in [3.05, 3.63) is 54.6 Å². The first-order valence-corrected chi connectivity index (χ1v) is 7.16. The van der Waals surface area contributed by atoms with Crippen molar-refractivity contribution >= 4 is 33.2 Å². The van der Waals surface area contributed by atoms with E-state index < -0.39 is 0 Å². The fourth-order valence-electron chi connectivity index (χ4n) is 2.61. The van der Waals surface area contributed by atoms with Gasteiger partial charge in [0.2, 0.25) is 0 Å². The third kappa shape index (κ3) is 2.68. The zero-order valence-electron chi connectivity index (χ0n) is 12.3. The van der Waals surface area contributed by atoms with Crippen LogP contribution in [0.4, 0.5) is 5.69 Å². The third-order valence-corrected chi connectivity index (χ3v) is 3.43. The molecular weight excluding hydrogens is 258 g/mol. The molecule has 3 heteroatoms. The van der Waals surface area contributed by atoms with Gasteiger partial charge in [-0.1, -0.05) is 48.5 Å². The van der Waals surface area contributed by atoms with Gasteiger partial charge >= 0.3 is 0 Å². The quantitative estimate of drug-likeness (QED) is 0.420. The fourth-order valence-corrected chi connectivity index (χ4v) is 2.61. The van der Waals surface area contributed by atoms with Crippen LogP contribution in [0.1, 0.15) is 13.8 Å². The van der Waals surface area contributed by atoms with Crippen molar-refractivity contribution in [2.75, 3.05) is 5.32 Å². The van der Waals surface area contributed by atoms with Gasteiger partial charge in [0.1, 0.15) is 0 Å². The maximum absolute atomic E-state index is 5.98. The summed E-state index contributed by atoms with van der Waals surface area (Å²) >= 11 is 0. The highest BCUT2D eigenvalue weighted by molar-refractivity contribution is 6.15. The van der Waals surface area contributed by atoms with Crippen LogP contribution in [0.15, 0.2) is 59.6 Å². The Labute approximate surface area is 124 Å². The minimum atomic E-state index is 0.171. The number of benzene rings is 3. The molecule has 0 aliphatic carbocycles. The van der Waals surface area contributed by atoms with E-state index in [0.29, 0.717) is 5.96 Å². The van der Waals surface area contributed by atoms with Crippen LogP contribution in [0.5, 0.6) is 0 Å². The Hall–Kier alpha value is -2.55. The number of hydrogen-bond acceptors (Lipinski definition) is 1. The normalized spacial score (nSPS) is 12.2. The lowest BCUT2D eigenvalue weighted by Gasteiger charge is -2.12. The zero-order valence-corrected chi connectivity index (χ0v) is 12.3. The van der Waals surface area contributed by atoms with Crippen molar-refractivity contribution in [3.8, 4) is 0 Å². The van der Waals surface area contributed by atoms with E-state index in [4.69, 9.17) is 5.73 Å². The van der Waals surface area contributed by atoms with Gasteiger partial charge in [-0.15, -0.1) is 0 Å². The van der Waals surface area contributed by atoms with Gasteiger partial charge in [0.05, 0.1) is 0 Å². The second-order valence-corrected chi connectivity index (χ2v) is 5.42. The highest BCUT2D eigenvalue weighted by atomic mass is 15.1. The number of anilines is 1. The highest BCUT2D eigenvalue weighted by Crippen LogP contribution is 2.31. The second-order valence-electron chi connectivity index (χ2n) is 5.42. The van der Waals surface area contributed by atoms with Gasteiger partial charge in [0, 0.05) is 17.1 Å². The largest absolute Gasteiger partial charge is 0.370 e. The van der Waals surface area contributed by atoms with Crippen LogP contribution in [-0.2, 0) is 0 Å². The number of guanidine groups is 1. The summed E-state index contributed by atoms with van der Waals surface area (Å²) in [6, 6.07) is 19.0. The monoisotopic (exact) mass is 277 g/mol. The summed E-state index contributed by atoms with van der Waals surface area (Å²) in [4.78, 5) is 4.34. The third-order valence-electron chi connectivity index (χ3n) is 3.43. The summed E-state index contributed by atoms with van der Waals surface area (Å²) in [5.41, 5.74) is 6.97. The van der Waals surface area contributed by atoms with E-state index in [1.54, 1.807) is 0 Å². The Bertz CT molecular complexity index is 819. The molecular formula is C18H19N3. The number of nitrogens with zero attached hydrogens (tertiary/aromatic N) is 1. The maximum Gasteiger partial charge on any atom is 0.193 e. The molecule has 0 aliphatic rings. The first-order valence-electron chi connectivity index (χ1n) is 7.16. The van der Waals surface area contributed by atoms with Crippen LogP contribution < -0.4 is 11.1 Å². The molecule has 106 valence electrons. The maximum atomic E-state index is 5.98. The fraction of sp³-hybridized carbons (Fsp3) is 0.167. The van der Waals surface area contributed by atoms with Crippen molar-refractivity contribution in [2.24, 2.45) is 10.7 Å². The average molecular weight is 277 g/mol. The second kappa shape index (κ2) is 5.44. The molecule has 0 radical (unpaired) electrons. The van der Waals surface area contributed by atoms with Crippen molar-refractivity contribution < 1.29 is 0 Å². The highest BCUT2D eigenvalue weighted by Gasteiger charge is 2.06. The van der Waals surface area contributed by atoms with Crippen molar-refractivity contribution in [1.29, 1.82) is 0 Å². The Kier molecular flexibility index (Phi) is 3.48. The first kappa shape index (κ1) is 13.4. The van der Waals surface area contributed by atoms with Gasteiger partial charge in [0.25, 0.3) is 0 Å².